The summed E-state index contributed by atoms with van der Waals surface area (Å²) in [4.78, 5) is 14.3. The Bertz CT molecular complexity index is 547. The highest BCUT2D eigenvalue weighted by Gasteiger charge is 2.22. The van der Waals surface area contributed by atoms with Gasteiger partial charge in [0.05, 0.1) is 6.54 Å². The molecular formula is C19H30Cl3N3O. The van der Waals surface area contributed by atoms with Crippen LogP contribution in [0.5, 0.6) is 0 Å². The maximum absolute atomic E-state index is 11.8. The molecule has 1 aliphatic carbocycles. The standard InChI is InChI=1S/C19H28ClN3O.2ClH/c20-18-4-2-1-3-17(18)14-23-9-7-16(8-10-23)12-22-19(24)13-21-11-15-5-6-15;;/h1-4,15-16,21H,5-14H2,(H,22,24);2*1H. The van der Waals surface area contributed by atoms with Gasteiger partial charge in [-0.05, 0) is 68.8 Å². The molecule has 0 unspecified atom stereocenters. The number of nitrogens with one attached hydrogen (secondary N) is 2. The molecule has 7 heteroatoms. The first-order valence-corrected chi connectivity index (χ1v) is 9.51. The van der Waals surface area contributed by atoms with Crippen molar-refractivity contribution in [3.05, 3.63) is 34.9 Å². The number of rotatable bonds is 8. The Morgan fingerprint density at radius 3 is 2.35 bits per heavy atom. The maximum Gasteiger partial charge on any atom is 0.233 e. The van der Waals surface area contributed by atoms with E-state index in [1.165, 1.54) is 18.4 Å². The number of likely N-dealkylation sites (tertiary alicyclic amines) is 1. The van der Waals surface area contributed by atoms with Crippen LogP contribution in [0, 0.1) is 11.8 Å². The molecule has 2 fully saturated rings. The van der Waals surface area contributed by atoms with Crippen LogP contribution in [-0.4, -0.2) is 43.5 Å². The van der Waals surface area contributed by atoms with Crippen molar-refractivity contribution in [2.45, 2.75) is 32.2 Å². The fourth-order valence-electron chi connectivity index (χ4n) is 3.25. The number of hydrogen-bond acceptors (Lipinski definition) is 3. The quantitative estimate of drug-likeness (QED) is 0.674. The van der Waals surface area contributed by atoms with Crippen molar-refractivity contribution in [3.63, 3.8) is 0 Å². The highest BCUT2D eigenvalue weighted by molar-refractivity contribution is 6.31. The second-order valence-electron chi connectivity index (χ2n) is 7.19. The van der Waals surface area contributed by atoms with Crippen molar-refractivity contribution < 1.29 is 4.79 Å². The Balaban J connectivity index is 0.00000169. The second-order valence-corrected chi connectivity index (χ2v) is 7.60. The van der Waals surface area contributed by atoms with Gasteiger partial charge >= 0.3 is 0 Å². The van der Waals surface area contributed by atoms with Crippen LogP contribution in [0.1, 0.15) is 31.2 Å². The summed E-state index contributed by atoms with van der Waals surface area (Å²) in [7, 11) is 0. The van der Waals surface area contributed by atoms with Crippen LogP contribution in [0.4, 0.5) is 0 Å². The van der Waals surface area contributed by atoms with Crippen LogP contribution in [0.15, 0.2) is 24.3 Å². The number of benzene rings is 1. The highest BCUT2D eigenvalue weighted by atomic mass is 35.5. The van der Waals surface area contributed by atoms with Gasteiger partial charge in [-0.25, -0.2) is 0 Å². The maximum atomic E-state index is 11.8. The van der Waals surface area contributed by atoms with E-state index in [2.05, 4.69) is 21.6 Å². The van der Waals surface area contributed by atoms with E-state index in [9.17, 15) is 4.79 Å². The summed E-state index contributed by atoms with van der Waals surface area (Å²) < 4.78 is 0. The lowest BCUT2D eigenvalue weighted by Gasteiger charge is -2.32. The van der Waals surface area contributed by atoms with E-state index >= 15 is 0 Å². The number of piperidine rings is 1. The van der Waals surface area contributed by atoms with E-state index in [1.54, 1.807) is 0 Å². The Hall–Kier alpha value is -0.520. The molecule has 0 atom stereocenters. The molecular weight excluding hydrogens is 393 g/mol. The Kier molecular flexibility index (Phi) is 10.9. The van der Waals surface area contributed by atoms with E-state index in [-0.39, 0.29) is 30.7 Å². The Morgan fingerprint density at radius 1 is 1.04 bits per heavy atom. The largest absolute Gasteiger partial charge is 0.355 e. The number of hydrogen-bond donors (Lipinski definition) is 2. The van der Waals surface area contributed by atoms with Crippen molar-refractivity contribution in [1.29, 1.82) is 0 Å². The Morgan fingerprint density at radius 2 is 1.69 bits per heavy atom. The fourth-order valence-corrected chi connectivity index (χ4v) is 3.44. The molecule has 26 heavy (non-hydrogen) atoms. The molecule has 0 aromatic heterocycles. The summed E-state index contributed by atoms with van der Waals surface area (Å²) in [5.74, 6) is 1.55. The summed E-state index contributed by atoms with van der Waals surface area (Å²) in [6, 6.07) is 8.07. The highest BCUT2D eigenvalue weighted by Crippen LogP contribution is 2.27. The number of carbonyl (C=O) groups excluding carboxylic acids is 1. The second kappa shape index (κ2) is 12.0. The SMILES string of the molecule is Cl.Cl.O=C(CNCC1CC1)NCC1CCN(Cc2ccccc2Cl)CC1. The fraction of sp³-hybridized carbons (Fsp3) is 0.632. The topological polar surface area (TPSA) is 44.4 Å². The minimum atomic E-state index is 0. The first-order valence-electron chi connectivity index (χ1n) is 9.14. The van der Waals surface area contributed by atoms with Gasteiger partial charge in [0.25, 0.3) is 0 Å². The molecule has 1 aliphatic heterocycles. The number of carbonyl (C=O) groups is 1. The lowest BCUT2D eigenvalue weighted by atomic mass is 9.96. The molecule has 1 heterocycles. The molecule has 148 valence electrons. The molecule has 0 radical (unpaired) electrons. The van der Waals surface area contributed by atoms with E-state index in [4.69, 9.17) is 11.6 Å². The van der Waals surface area contributed by atoms with Gasteiger partial charge in [-0.3, -0.25) is 9.69 Å². The zero-order valence-electron chi connectivity index (χ0n) is 15.1. The first-order chi connectivity index (χ1) is 11.7. The minimum Gasteiger partial charge on any atom is -0.355 e. The van der Waals surface area contributed by atoms with Crippen molar-refractivity contribution >= 4 is 42.3 Å². The predicted molar refractivity (Wildman–Crippen MR) is 113 cm³/mol. The van der Waals surface area contributed by atoms with Crippen LogP contribution in [0.3, 0.4) is 0 Å². The Labute approximate surface area is 174 Å². The van der Waals surface area contributed by atoms with Gasteiger partial charge in [-0.15, -0.1) is 24.8 Å². The van der Waals surface area contributed by atoms with Crippen molar-refractivity contribution in [2.24, 2.45) is 11.8 Å². The third-order valence-electron chi connectivity index (χ3n) is 5.06. The van der Waals surface area contributed by atoms with Gasteiger partial charge in [-0.1, -0.05) is 29.8 Å². The average Bonchev–Trinajstić information content (AvgIpc) is 3.41. The monoisotopic (exact) mass is 421 g/mol. The summed E-state index contributed by atoms with van der Waals surface area (Å²) >= 11 is 6.24. The van der Waals surface area contributed by atoms with Crippen molar-refractivity contribution in [2.75, 3.05) is 32.7 Å². The minimum absolute atomic E-state index is 0. The first kappa shape index (κ1) is 23.5. The molecule has 1 amide bonds. The zero-order chi connectivity index (χ0) is 16.8. The normalized spacial score (nSPS) is 17.9. The molecule has 2 N–H and O–H groups in total. The summed E-state index contributed by atoms with van der Waals surface area (Å²) in [5, 5.41) is 7.17. The van der Waals surface area contributed by atoms with E-state index in [0.717, 1.165) is 56.5 Å². The van der Waals surface area contributed by atoms with Gasteiger partial charge < -0.3 is 10.6 Å². The van der Waals surface area contributed by atoms with Crippen molar-refractivity contribution in [1.82, 2.24) is 15.5 Å². The summed E-state index contributed by atoms with van der Waals surface area (Å²) in [5.41, 5.74) is 1.20. The van der Waals surface area contributed by atoms with E-state index < -0.39 is 0 Å². The van der Waals surface area contributed by atoms with Gasteiger partial charge in [0.15, 0.2) is 0 Å². The lowest BCUT2D eigenvalue weighted by Crippen LogP contribution is -2.41. The molecule has 3 rings (SSSR count). The lowest BCUT2D eigenvalue weighted by molar-refractivity contribution is -0.120. The number of nitrogens with zero attached hydrogens (tertiary/aromatic N) is 1. The van der Waals surface area contributed by atoms with Crippen LogP contribution < -0.4 is 10.6 Å². The predicted octanol–water partition coefficient (Wildman–Crippen LogP) is 3.51. The van der Waals surface area contributed by atoms with Crippen LogP contribution >= 0.6 is 36.4 Å². The zero-order valence-corrected chi connectivity index (χ0v) is 17.5. The number of amides is 1. The molecule has 1 aromatic carbocycles. The molecule has 1 saturated carbocycles. The molecule has 0 spiro atoms. The van der Waals surface area contributed by atoms with Crippen LogP contribution in [-0.2, 0) is 11.3 Å². The molecule has 2 aliphatic rings. The number of halogens is 3. The molecule has 0 bridgehead atoms. The molecule has 4 nitrogen and oxygen atoms in total. The summed E-state index contributed by atoms with van der Waals surface area (Å²) in [6.45, 7) is 5.33. The average molecular weight is 423 g/mol. The van der Waals surface area contributed by atoms with E-state index in [0.29, 0.717) is 12.5 Å². The van der Waals surface area contributed by atoms with Crippen molar-refractivity contribution in [3.8, 4) is 0 Å². The molecule has 1 aromatic rings. The van der Waals surface area contributed by atoms with E-state index in [1.807, 2.05) is 18.2 Å². The van der Waals surface area contributed by atoms with Crippen LogP contribution in [0.2, 0.25) is 5.02 Å². The molecule has 1 saturated heterocycles. The third-order valence-corrected chi connectivity index (χ3v) is 5.43. The van der Waals surface area contributed by atoms with Gasteiger partial charge in [-0.2, -0.15) is 0 Å². The summed E-state index contributed by atoms with van der Waals surface area (Å²) in [6.07, 6.45) is 4.92. The third kappa shape index (κ3) is 8.01. The van der Waals surface area contributed by atoms with Gasteiger partial charge in [0.1, 0.15) is 0 Å². The smallest absolute Gasteiger partial charge is 0.233 e. The van der Waals surface area contributed by atoms with Gasteiger partial charge in [0.2, 0.25) is 5.91 Å². The van der Waals surface area contributed by atoms with Gasteiger partial charge in [0, 0.05) is 18.1 Å². The van der Waals surface area contributed by atoms with Crippen LogP contribution in [0.25, 0.3) is 0 Å².